The van der Waals surface area contributed by atoms with Gasteiger partial charge in [0.1, 0.15) is 5.25 Å². The number of aromatic nitrogens is 3. The first kappa shape index (κ1) is 12.6. The molecule has 0 bridgehead atoms. The van der Waals surface area contributed by atoms with Crippen LogP contribution in [0.3, 0.4) is 0 Å². The second-order valence-corrected chi connectivity index (χ2v) is 6.47. The third-order valence-electron chi connectivity index (χ3n) is 2.84. The Kier molecular flexibility index (Phi) is 3.08. The summed E-state index contributed by atoms with van der Waals surface area (Å²) in [6, 6.07) is 3.53. The Bertz CT molecular complexity index is 649. The van der Waals surface area contributed by atoms with Crippen molar-refractivity contribution in [1.82, 2.24) is 15.2 Å². The predicted molar refractivity (Wildman–Crippen MR) is 69.5 cm³/mol. The molecule has 0 aliphatic carbocycles. The Morgan fingerprint density at radius 3 is 2.50 bits per heavy atom. The molecule has 18 heavy (non-hydrogen) atoms. The molecular formula is C11H14N4O2S. The van der Waals surface area contributed by atoms with Crippen molar-refractivity contribution in [3.8, 4) is 11.1 Å². The van der Waals surface area contributed by atoms with Crippen molar-refractivity contribution in [1.29, 1.82) is 0 Å². The molecule has 96 valence electrons. The number of rotatable bonds is 3. The van der Waals surface area contributed by atoms with Gasteiger partial charge in [-0.25, -0.2) is 8.42 Å². The van der Waals surface area contributed by atoms with Gasteiger partial charge in [0.25, 0.3) is 0 Å². The Morgan fingerprint density at radius 2 is 1.94 bits per heavy atom. The molecule has 2 rings (SSSR count). The number of pyridine rings is 1. The van der Waals surface area contributed by atoms with Gasteiger partial charge in [-0.05, 0) is 24.6 Å². The van der Waals surface area contributed by atoms with Crippen molar-refractivity contribution in [2.75, 3.05) is 12.0 Å². The first-order valence-electron chi connectivity index (χ1n) is 5.34. The maximum absolute atomic E-state index is 11.6. The highest BCUT2D eigenvalue weighted by atomic mass is 32.2. The molecule has 2 aromatic heterocycles. The molecule has 0 amide bonds. The zero-order valence-electron chi connectivity index (χ0n) is 10.1. The van der Waals surface area contributed by atoms with Gasteiger partial charge in [-0.3, -0.25) is 10.1 Å². The summed E-state index contributed by atoms with van der Waals surface area (Å²) >= 11 is 0. The van der Waals surface area contributed by atoms with E-state index in [9.17, 15) is 8.42 Å². The number of nitrogens with zero attached hydrogens (tertiary/aromatic N) is 2. The lowest BCUT2D eigenvalue weighted by Crippen LogP contribution is -2.09. The summed E-state index contributed by atoms with van der Waals surface area (Å²) in [5, 5.41) is 5.91. The van der Waals surface area contributed by atoms with Crippen LogP contribution in [0.5, 0.6) is 0 Å². The molecule has 0 fully saturated rings. The van der Waals surface area contributed by atoms with Crippen molar-refractivity contribution in [2.45, 2.75) is 12.2 Å². The quantitative estimate of drug-likeness (QED) is 0.868. The minimum atomic E-state index is -3.22. The van der Waals surface area contributed by atoms with Crippen molar-refractivity contribution in [2.24, 2.45) is 0 Å². The third-order valence-corrected chi connectivity index (χ3v) is 4.36. The van der Waals surface area contributed by atoms with E-state index in [0.29, 0.717) is 11.3 Å². The lowest BCUT2D eigenvalue weighted by atomic mass is 10.1. The van der Waals surface area contributed by atoms with Gasteiger partial charge < -0.3 is 5.73 Å². The highest BCUT2D eigenvalue weighted by Crippen LogP contribution is 2.33. The zero-order chi connectivity index (χ0) is 13.3. The van der Waals surface area contributed by atoms with Crippen LogP contribution in [0, 0.1) is 0 Å². The summed E-state index contributed by atoms with van der Waals surface area (Å²) in [4.78, 5) is 3.92. The highest BCUT2D eigenvalue weighted by molar-refractivity contribution is 7.90. The maximum atomic E-state index is 11.6. The molecule has 1 atom stereocenters. The van der Waals surface area contributed by atoms with E-state index < -0.39 is 15.1 Å². The molecular weight excluding hydrogens is 252 g/mol. The number of hydrogen-bond acceptors (Lipinski definition) is 5. The predicted octanol–water partition coefficient (Wildman–Crippen LogP) is 1.16. The minimum Gasteiger partial charge on any atom is -0.382 e. The molecule has 0 saturated carbocycles. The molecule has 3 N–H and O–H groups in total. The van der Waals surface area contributed by atoms with Crippen molar-refractivity contribution < 1.29 is 8.42 Å². The molecule has 0 saturated heterocycles. The van der Waals surface area contributed by atoms with E-state index in [1.807, 2.05) is 0 Å². The molecule has 0 aliphatic heterocycles. The van der Waals surface area contributed by atoms with Gasteiger partial charge in [0.2, 0.25) is 0 Å². The molecule has 7 heteroatoms. The van der Waals surface area contributed by atoms with E-state index in [-0.39, 0.29) is 5.82 Å². The normalized spacial score (nSPS) is 13.4. The number of nitrogens with one attached hydrogen (secondary N) is 1. The lowest BCUT2D eigenvalue weighted by molar-refractivity contribution is 0.591. The topological polar surface area (TPSA) is 102 Å². The summed E-state index contributed by atoms with van der Waals surface area (Å²) in [6.45, 7) is 1.60. The van der Waals surface area contributed by atoms with Gasteiger partial charge in [0.05, 0.1) is 5.69 Å². The van der Waals surface area contributed by atoms with Crippen molar-refractivity contribution in [3.63, 3.8) is 0 Å². The summed E-state index contributed by atoms with van der Waals surface area (Å²) in [7, 11) is -3.22. The first-order chi connectivity index (χ1) is 8.41. The first-order valence-corrected chi connectivity index (χ1v) is 7.29. The fourth-order valence-electron chi connectivity index (χ4n) is 1.70. The van der Waals surface area contributed by atoms with Crippen LogP contribution in [-0.4, -0.2) is 29.9 Å². The SMILES string of the molecule is CC(c1[nH]nc(N)c1-c1ccncc1)S(C)(=O)=O. The summed E-state index contributed by atoms with van der Waals surface area (Å²) < 4.78 is 23.2. The average Bonchev–Trinajstić information content (AvgIpc) is 2.70. The van der Waals surface area contributed by atoms with E-state index in [4.69, 9.17) is 5.73 Å². The molecule has 2 heterocycles. The molecule has 0 aliphatic rings. The second kappa shape index (κ2) is 4.41. The largest absolute Gasteiger partial charge is 0.382 e. The van der Waals surface area contributed by atoms with E-state index >= 15 is 0 Å². The Balaban J connectivity index is 2.60. The van der Waals surface area contributed by atoms with Crippen LogP contribution in [0.4, 0.5) is 5.82 Å². The van der Waals surface area contributed by atoms with Gasteiger partial charge in [0, 0.05) is 24.2 Å². The van der Waals surface area contributed by atoms with Crippen molar-refractivity contribution >= 4 is 15.7 Å². The van der Waals surface area contributed by atoms with Gasteiger partial charge >= 0.3 is 0 Å². The van der Waals surface area contributed by atoms with Gasteiger partial charge in [-0.2, -0.15) is 5.10 Å². The van der Waals surface area contributed by atoms with E-state index in [2.05, 4.69) is 15.2 Å². The number of nitrogens with two attached hydrogens (primary N) is 1. The number of anilines is 1. The van der Waals surface area contributed by atoms with Gasteiger partial charge in [-0.15, -0.1) is 0 Å². The average molecular weight is 266 g/mol. The Labute approximate surface area is 105 Å². The number of H-pyrrole nitrogens is 1. The van der Waals surface area contributed by atoms with Gasteiger partial charge in [-0.1, -0.05) is 0 Å². The Morgan fingerprint density at radius 1 is 1.33 bits per heavy atom. The lowest BCUT2D eigenvalue weighted by Gasteiger charge is -2.10. The standard InChI is InChI=1S/C11H14N4O2S/c1-7(18(2,16)17)10-9(11(12)15-14-10)8-3-5-13-6-4-8/h3-7H,1-2H3,(H3,12,14,15). The van der Waals surface area contributed by atoms with Crippen LogP contribution < -0.4 is 5.73 Å². The number of nitrogen functional groups attached to an aromatic ring is 1. The molecule has 6 nitrogen and oxygen atoms in total. The zero-order valence-corrected chi connectivity index (χ0v) is 10.9. The highest BCUT2D eigenvalue weighted by Gasteiger charge is 2.25. The van der Waals surface area contributed by atoms with E-state index in [1.54, 1.807) is 31.5 Å². The van der Waals surface area contributed by atoms with E-state index in [1.165, 1.54) is 6.26 Å². The molecule has 1 unspecified atom stereocenters. The molecule has 0 radical (unpaired) electrons. The second-order valence-electron chi connectivity index (χ2n) is 4.11. The smallest absolute Gasteiger partial charge is 0.155 e. The molecule has 2 aromatic rings. The van der Waals surface area contributed by atoms with Crippen LogP contribution in [0.15, 0.2) is 24.5 Å². The maximum Gasteiger partial charge on any atom is 0.155 e. The van der Waals surface area contributed by atoms with Crippen LogP contribution in [-0.2, 0) is 9.84 Å². The molecule has 0 spiro atoms. The van der Waals surface area contributed by atoms with Crippen LogP contribution >= 0.6 is 0 Å². The number of aromatic amines is 1. The fourth-order valence-corrected chi connectivity index (χ4v) is 2.30. The van der Waals surface area contributed by atoms with Crippen molar-refractivity contribution in [3.05, 3.63) is 30.2 Å². The number of sulfone groups is 1. The van der Waals surface area contributed by atoms with Crippen LogP contribution in [0.2, 0.25) is 0 Å². The van der Waals surface area contributed by atoms with E-state index in [0.717, 1.165) is 5.56 Å². The summed E-state index contributed by atoms with van der Waals surface area (Å²) in [5.41, 5.74) is 7.71. The molecule has 0 aromatic carbocycles. The third kappa shape index (κ3) is 2.21. The van der Waals surface area contributed by atoms with Gasteiger partial charge in [0.15, 0.2) is 15.7 Å². The summed E-state index contributed by atoms with van der Waals surface area (Å²) in [6.07, 6.45) is 4.43. The monoisotopic (exact) mass is 266 g/mol. The van der Waals surface area contributed by atoms with Crippen LogP contribution in [0.1, 0.15) is 17.9 Å². The number of hydrogen-bond donors (Lipinski definition) is 2. The van der Waals surface area contributed by atoms with Crippen LogP contribution in [0.25, 0.3) is 11.1 Å². The fraction of sp³-hybridized carbons (Fsp3) is 0.273. The Hall–Kier alpha value is -1.89. The summed E-state index contributed by atoms with van der Waals surface area (Å²) in [5.74, 6) is 0.284. The minimum absolute atomic E-state index is 0.284.